The number of amides is 1. The molecule has 6 heteroatoms. The number of carbonyl (C=O) groups excluding carboxylic acids is 1. The second kappa shape index (κ2) is 8.49. The minimum atomic E-state index is -0.271. The van der Waals surface area contributed by atoms with Crippen molar-refractivity contribution >= 4 is 5.91 Å². The van der Waals surface area contributed by atoms with Crippen LogP contribution in [0.4, 0.5) is 0 Å². The molecule has 3 rings (SSSR count). The van der Waals surface area contributed by atoms with Gasteiger partial charge in [0.25, 0.3) is 0 Å². The lowest BCUT2D eigenvalue weighted by atomic mass is 9.87. The molecular formula is C21H23N3O3. The lowest BCUT2D eigenvalue weighted by Crippen LogP contribution is -2.31. The van der Waals surface area contributed by atoms with Gasteiger partial charge in [-0.3, -0.25) is 4.79 Å². The number of carbonyl (C=O) groups is 1. The van der Waals surface area contributed by atoms with Crippen LogP contribution in [0.2, 0.25) is 0 Å². The minimum Gasteiger partial charge on any atom is -0.497 e. The van der Waals surface area contributed by atoms with Gasteiger partial charge in [0.05, 0.1) is 19.6 Å². The predicted molar refractivity (Wildman–Crippen MR) is 102 cm³/mol. The van der Waals surface area contributed by atoms with Crippen LogP contribution in [0.3, 0.4) is 0 Å². The molecular weight excluding hydrogens is 342 g/mol. The van der Waals surface area contributed by atoms with E-state index in [4.69, 9.17) is 9.15 Å². The molecule has 1 N–H and O–H groups in total. The lowest BCUT2D eigenvalue weighted by Gasteiger charge is -2.20. The van der Waals surface area contributed by atoms with Crippen molar-refractivity contribution in [3.63, 3.8) is 0 Å². The molecule has 3 aromatic rings. The lowest BCUT2D eigenvalue weighted by molar-refractivity contribution is -0.123. The van der Waals surface area contributed by atoms with Crippen molar-refractivity contribution in [3.8, 4) is 17.2 Å². The zero-order valence-corrected chi connectivity index (χ0v) is 15.7. The molecule has 1 heterocycles. The molecule has 0 saturated carbocycles. The van der Waals surface area contributed by atoms with Gasteiger partial charge in [-0.15, -0.1) is 10.2 Å². The van der Waals surface area contributed by atoms with Crippen molar-refractivity contribution in [2.75, 3.05) is 7.11 Å². The number of hydrogen-bond acceptors (Lipinski definition) is 5. The molecule has 0 radical (unpaired) electrons. The van der Waals surface area contributed by atoms with Gasteiger partial charge in [-0.25, -0.2) is 0 Å². The third-order valence-electron chi connectivity index (χ3n) is 4.33. The third-order valence-corrected chi connectivity index (χ3v) is 4.33. The molecule has 0 aliphatic rings. The third kappa shape index (κ3) is 4.53. The second-order valence-electron chi connectivity index (χ2n) is 6.58. The van der Waals surface area contributed by atoms with Crippen LogP contribution in [0, 0.1) is 5.92 Å². The van der Waals surface area contributed by atoms with E-state index >= 15 is 0 Å². The highest BCUT2D eigenvalue weighted by Gasteiger charge is 2.24. The van der Waals surface area contributed by atoms with Crippen molar-refractivity contribution < 1.29 is 13.9 Å². The topological polar surface area (TPSA) is 77.2 Å². The van der Waals surface area contributed by atoms with E-state index in [1.807, 2.05) is 68.4 Å². The minimum absolute atomic E-state index is 0.0744. The van der Waals surface area contributed by atoms with E-state index in [0.717, 1.165) is 16.9 Å². The van der Waals surface area contributed by atoms with Gasteiger partial charge in [-0.05, 0) is 35.7 Å². The van der Waals surface area contributed by atoms with Gasteiger partial charge in [-0.2, -0.15) is 0 Å². The van der Waals surface area contributed by atoms with E-state index < -0.39 is 0 Å². The fraction of sp³-hybridized carbons (Fsp3) is 0.286. The number of benzene rings is 2. The van der Waals surface area contributed by atoms with Crippen LogP contribution in [0.15, 0.2) is 59.0 Å². The fourth-order valence-corrected chi connectivity index (χ4v) is 2.95. The van der Waals surface area contributed by atoms with Crippen LogP contribution in [0.1, 0.15) is 31.2 Å². The van der Waals surface area contributed by atoms with Gasteiger partial charge in [0.15, 0.2) is 0 Å². The summed E-state index contributed by atoms with van der Waals surface area (Å²) in [6.45, 7) is 4.24. The zero-order valence-electron chi connectivity index (χ0n) is 15.7. The maximum Gasteiger partial charge on any atom is 0.247 e. The first-order chi connectivity index (χ1) is 13.1. The first-order valence-electron chi connectivity index (χ1n) is 8.88. The Hall–Kier alpha value is -3.15. The van der Waals surface area contributed by atoms with Crippen molar-refractivity contribution in [3.05, 3.63) is 66.1 Å². The molecule has 0 bridgehead atoms. The Balaban J connectivity index is 1.67. The number of rotatable bonds is 7. The Kier molecular flexibility index (Phi) is 5.86. The first-order valence-corrected chi connectivity index (χ1v) is 8.88. The summed E-state index contributed by atoms with van der Waals surface area (Å²) in [4.78, 5) is 12.8. The monoisotopic (exact) mass is 365 g/mol. The van der Waals surface area contributed by atoms with E-state index in [1.54, 1.807) is 7.11 Å². The Morgan fingerprint density at radius 2 is 1.78 bits per heavy atom. The van der Waals surface area contributed by atoms with Gasteiger partial charge < -0.3 is 14.5 Å². The number of hydrogen-bond donors (Lipinski definition) is 1. The largest absolute Gasteiger partial charge is 0.497 e. The van der Waals surface area contributed by atoms with E-state index in [9.17, 15) is 4.79 Å². The molecule has 0 spiro atoms. The standard InChI is InChI=1S/C21H23N3O3/c1-14(2)19(15-9-11-17(26-3)12-10-15)20(25)22-13-18-23-24-21(27-18)16-7-5-4-6-8-16/h4-12,14,19H,13H2,1-3H3,(H,22,25). The van der Waals surface area contributed by atoms with Crippen LogP contribution in [0.25, 0.3) is 11.5 Å². The Labute approximate surface area is 158 Å². The maximum absolute atomic E-state index is 12.8. The van der Waals surface area contributed by atoms with Gasteiger partial charge in [0.2, 0.25) is 17.7 Å². The number of nitrogens with one attached hydrogen (secondary N) is 1. The smallest absolute Gasteiger partial charge is 0.247 e. The second-order valence-corrected chi connectivity index (χ2v) is 6.58. The van der Waals surface area contributed by atoms with Gasteiger partial charge >= 0.3 is 0 Å². The molecule has 27 heavy (non-hydrogen) atoms. The molecule has 0 aliphatic heterocycles. The maximum atomic E-state index is 12.8. The van der Waals surface area contributed by atoms with Gasteiger partial charge in [-0.1, -0.05) is 44.2 Å². The van der Waals surface area contributed by atoms with Gasteiger partial charge in [0, 0.05) is 5.56 Å². The van der Waals surface area contributed by atoms with Crippen molar-refractivity contribution in [2.24, 2.45) is 5.92 Å². The quantitative estimate of drug-likeness (QED) is 0.689. The highest BCUT2D eigenvalue weighted by molar-refractivity contribution is 5.83. The van der Waals surface area contributed by atoms with Crippen LogP contribution in [0.5, 0.6) is 5.75 Å². The van der Waals surface area contributed by atoms with Crippen molar-refractivity contribution in [1.82, 2.24) is 15.5 Å². The highest BCUT2D eigenvalue weighted by Crippen LogP contribution is 2.26. The molecule has 2 aromatic carbocycles. The predicted octanol–water partition coefficient (Wildman–Crippen LogP) is 3.80. The molecule has 140 valence electrons. The summed E-state index contributed by atoms with van der Waals surface area (Å²) in [6.07, 6.45) is 0. The molecule has 1 unspecified atom stereocenters. The molecule has 1 atom stereocenters. The summed E-state index contributed by atoms with van der Waals surface area (Å²) in [5, 5.41) is 11.0. The number of nitrogens with zero attached hydrogens (tertiary/aromatic N) is 2. The number of aromatic nitrogens is 2. The summed E-state index contributed by atoms with van der Waals surface area (Å²) >= 11 is 0. The molecule has 0 aliphatic carbocycles. The van der Waals surface area contributed by atoms with Crippen LogP contribution in [-0.2, 0) is 11.3 Å². The van der Waals surface area contributed by atoms with Crippen LogP contribution < -0.4 is 10.1 Å². The molecule has 1 amide bonds. The molecule has 1 aromatic heterocycles. The number of ether oxygens (including phenoxy) is 1. The van der Waals surface area contributed by atoms with Crippen molar-refractivity contribution in [2.45, 2.75) is 26.3 Å². The molecule has 0 saturated heterocycles. The van der Waals surface area contributed by atoms with E-state index in [0.29, 0.717) is 11.8 Å². The number of methoxy groups -OCH3 is 1. The molecule has 6 nitrogen and oxygen atoms in total. The van der Waals surface area contributed by atoms with Crippen LogP contribution in [-0.4, -0.2) is 23.2 Å². The normalized spacial score (nSPS) is 12.0. The Morgan fingerprint density at radius 3 is 2.41 bits per heavy atom. The summed E-state index contributed by atoms with van der Waals surface area (Å²) in [5.41, 5.74) is 1.79. The average Bonchev–Trinajstić information content (AvgIpc) is 3.16. The first kappa shape index (κ1) is 18.6. The summed E-state index contributed by atoms with van der Waals surface area (Å²) in [6, 6.07) is 17.1. The summed E-state index contributed by atoms with van der Waals surface area (Å²) in [5.74, 6) is 1.37. The van der Waals surface area contributed by atoms with E-state index in [2.05, 4.69) is 15.5 Å². The Bertz CT molecular complexity index is 873. The SMILES string of the molecule is COc1ccc(C(C(=O)NCc2nnc(-c3ccccc3)o2)C(C)C)cc1. The Morgan fingerprint density at radius 1 is 1.07 bits per heavy atom. The average molecular weight is 365 g/mol. The zero-order chi connectivity index (χ0) is 19.2. The fourth-order valence-electron chi connectivity index (χ4n) is 2.95. The summed E-state index contributed by atoms with van der Waals surface area (Å²) < 4.78 is 10.8. The van der Waals surface area contributed by atoms with Crippen LogP contribution >= 0.6 is 0 Å². The van der Waals surface area contributed by atoms with Crippen molar-refractivity contribution in [1.29, 1.82) is 0 Å². The molecule has 0 fully saturated rings. The summed E-state index contributed by atoms with van der Waals surface area (Å²) in [7, 11) is 1.62. The van der Waals surface area contributed by atoms with Gasteiger partial charge in [0.1, 0.15) is 5.75 Å². The van der Waals surface area contributed by atoms with E-state index in [1.165, 1.54) is 0 Å². The highest BCUT2D eigenvalue weighted by atomic mass is 16.5. The van der Waals surface area contributed by atoms with E-state index in [-0.39, 0.29) is 24.3 Å².